The van der Waals surface area contributed by atoms with Crippen molar-refractivity contribution >= 4 is 29.5 Å². The standard InChI is InChI=1S/C22H23N3O5/c1-3-22(2)20(28)25(21(29)24-22)13-19(27)30-14-18(26)23-17-11-9-16(10-12-17)15-7-5-4-6-8-15/h4-12H,3,13-14H2,1-2H3,(H,23,26)(H,24,29)/t22-/m0/s1. The summed E-state index contributed by atoms with van der Waals surface area (Å²) in [5, 5.41) is 5.18. The molecular formula is C22H23N3O5. The number of imide groups is 1. The van der Waals surface area contributed by atoms with Gasteiger partial charge in [0.15, 0.2) is 6.61 Å². The van der Waals surface area contributed by atoms with E-state index in [4.69, 9.17) is 4.74 Å². The quantitative estimate of drug-likeness (QED) is 0.540. The lowest BCUT2D eigenvalue weighted by atomic mass is 9.99. The van der Waals surface area contributed by atoms with Gasteiger partial charge in [0.05, 0.1) is 0 Å². The minimum Gasteiger partial charge on any atom is -0.454 e. The third kappa shape index (κ3) is 4.65. The van der Waals surface area contributed by atoms with Crippen LogP contribution in [0.4, 0.5) is 10.5 Å². The maximum Gasteiger partial charge on any atom is 0.326 e. The zero-order valence-electron chi connectivity index (χ0n) is 16.8. The molecule has 0 radical (unpaired) electrons. The summed E-state index contributed by atoms with van der Waals surface area (Å²) in [6.45, 7) is 2.29. The average molecular weight is 409 g/mol. The zero-order chi connectivity index (χ0) is 21.7. The van der Waals surface area contributed by atoms with Crippen LogP contribution in [0.5, 0.6) is 0 Å². The molecule has 0 unspecified atom stereocenters. The number of nitrogens with one attached hydrogen (secondary N) is 2. The average Bonchev–Trinajstić information content (AvgIpc) is 2.97. The number of esters is 1. The van der Waals surface area contributed by atoms with E-state index in [1.165, 1.54) is 0 Å². The SMILES string of the molecule is CC[C@]1(C)NC(=O)N(CC(=O)OCC(=O)Nc2ccc(-c3ccccc3)cc2)C1=O. The second-order valence-electron chi connectivity index (χ2n) is 7.16. The molecule has 2 aromatic rings. The van der Waals surface area contributed by atoms with Crippen LogP contribution in [-0.4, -0.2) is 47.4 Å². The van der Waals surface area contributed by atoms with Gasteiger partial charge >= 0.3 is 12.0 Å². The summed E-state index contributed by atoms with van der Waals surface area (Å²) in [5.74, 6) is -1.85. The minimum atomic E-state index is -1.03. The van der Waals surface area contributed by atoms with Crippen molar-refractivity contribution in [1.29, 1.82) is 0 Å². The summed E-state index contributed by atoms with van der Waals surface area (Å²) in [6.07, 6.45) is 0.397. The van der Waals surface area contributed by atoms with Gasteiger partial charge in [-0.15, -0.1) is 0 Å². The van der Waals surface area contributed by atoms with E-state index in [2.05, 4.69) is 10.6 Å². The normalized spacial score (nSPS) is 18.1. The number of carbonyl (C=O) groups is 4. The largest absolute Gasteiger partial charge is 0.454 e. The molecule has 0 bridgehead atoms. The van der Waals surface area contributed by atoms with E-state index in [0.29, 0.717) is 12.1 Å². The van der Waals surface area contributed by atoms with Crippen LogP contribution < -0.4 is 10.6 Å². The molecule has 1 heterocycles. The van der Waals surface area contributed by atoms with Crippen molar-refractivity contribution in [3.63, 3.8) is 0 Å². The second-order valence-corrected chi connectivity index (χ2v) is 7.16. The molecule has 0 aromatic heterocycles. The maximum atomic E-state index is 12.3. The van der Waals surface area contributed by atoms with E-state index in [9.17, 15) is 19.2 Å². The van der Waals surface area contributed by atoms with Gasteiger partial charge in [0.25, 0.3) is 11.8 Å². The third-order valence-electron chi connectivity index (χ3n) is 4.98. The van der Waals surface area contributed by atoms with E-state index < -0.39 is 42.5 Å². The lowest BCUT2D eigenvalue weighted by Gasteiger charge is -2.18. The summed E-state index contributed by atoms with van der Waals surface area (Å²) in [5.41, 5.74) is 1.60. The van der Waals surface area contributed by atoms with E-state index >= 15 is 0 Å². The molecular weight excluding hydrogens is 386 g/mol. The molecule has 1 atom stereocenters. The smallest absolute Gasteiger partial charge is 0.326 e. The van der Waals surface area contributed by atoms with Gasteiger partial charge in [0.2, 0.25) is 0 Å². The summed E-state index contributed by atoms with van der Waals surface area (Å²) >= 11 is 0. The Kier molecular flexibility index (Phi) is 6.15. The van der Waals surface area contributed by atoms with Crippen molar-refractivity contribution in [3.05, 3.63) is 54.6 Å². The number of hydrogen-bond acceptors (Lipinski definition) is 5. The molecule has 156 valence electrons. The number of ether oxygens (including phenoxy) is 1. The van der Waals surface area contributed by atoms with Crippen LogP contribution in [0.15, 0.2) is 54.6 Å². The Morgan fingerprint density at radius 3 is 2.27 bits per heavy atom. The lowest BCUT2D eigenvalue weighted by molar-refractivity contribution is -0.150. The van der Waals surface area contributed by atoms with Gasteiger partial charge in [-0.05, 0) is 36.6 Å². The number of anilines is 1. The van der Waals surface area contributed by atoms with Gasteiger partial charge in [-0.2, -0.15) is 0 Å². The number of hydrogen-bond donors (Lipinski definition) is 2. The van der Waals surface area contributed by atoms with Crippen LogP contribution in [0.2, 0.25) is 0 Å². The highest BCUT2D eigenvalue weighted by atomic mass is 16.5. The van der Waals surface area contributed by atoms with E-state index in [-0.39, 0.29) is 0 Å². The molecule has 1 aliphatic heterocycles. The molecule has 30 heavy (non-hydrogen) atoms. The van der Waals surface area contributed by atoms with Crippen LogP contribution in [0.3, 0.4) is 0 Å². The Morgan fingerprint density at radius 2 is 1.67 bits per heavy atom. The number of amides is 4. The monoisotopic (exact) mass is 409 g/mol. The highest BCUT2D eigenvalue weighted by molar-refractivity contribution is 6.08. The van der Waals surface area contributed by atoms with Crippen molar-refractivity contribution in [1.82, 2.24) is 10.2 Å². The summed E-state index contributed by atoms with van der Waals surface area (Å²) < 4.78 is 4.90. The highest BCUT2D eigenvalue weighted by Gasteiger charge is 2.47. The Hall–Kier alpha value is -3.68. The summed E-state index contributed by atoms with van der Waals surface area (Å²) in [4.78, 5) is 49.0. The molecule has 3 rings (SSSR count). The van der Waals surface area contributed by atoms with Crippen molar-refractivity contribution < 1.29 is 23.9 Å². The van der Waals surface area contributed by atoms with Gasteiger partial charge in [0.1, 0.15) is 12.1 Å². The Morgan fingerprint density at radius 1 is 1.03 bits per heavy atom. The topological polar surface area (TPSA) is 105 Å². The highest BCUT2D eigenvalue weighted by Crippen LogP contribution is 2.21. The van der Waals surface area contributed by atoms with E-state index in [1.54, 1.807) is 26.0 Å². The molecule has 8 nitrogen and oxygen atoms in total. The van der Waals surface area contributed by atoms with Crippen LogP contribution in [0.25, 0.3) is 11.1 Å². The van der Waals surface area contributed by atoms with E-state index in [0.717, 1.165) is 16.0 Å². The number of carbonyl (C=O) groups excluding carboxylic acids is 4. The van der Waals surface area contributed by atoms with Crippen LogP contribution in [0.1, 0.15) is 20.3 Å². The first-order chi connectivity index (χ1) is 14.3. The first kappa shape index (κ1) is 21.0. The van der Waals surface area contributed by atoms with Crippen molar-refractivity contribution in [2.45, 2.75) is 25.8 Å². The van der Waals surface area contributed by atoms with Crippen molar-refractivity contribution in [2.24, 2.45) is 0 Å². The third-order valence-corrected chi connectivity index (χ3v) is 4.98. The van der Waals surface area contributed by atoms with Gasteiger partial charge < -0.3 is 15.4 Å². The molecule has 8 heteroatoms. The second kappa shape index (κ2) is 8.77. The number of benzene rings is 2. The Bertz CT molecular complexity index is 958. The maximum absolute atomic E-state index is 12.3. The van der Waals surface area contributed by atoms with Crippen LogP contribution in [0, 0.1) is 0 Å². The fourth-order valence-corrected chi connectivity index (χ4v) is 3.02. The first-order valence-electron chi connectivity index (χ1n) is 9.57. The van der Waals surface area contributed by atoms with Crippen molar-refractivity contribution in [2.75, 3.05) is 18.5 Å². The molecule has 2 aromatic carbocycles. The Labute approximate surface area is 174 Å². The molecule has 1 fully saturated rings. The predicted octanol–water partition coefficient (Wildman–Crippen LogP) is 2.56. The molecule has 1 saturated heterocycles. The molecule has 0 spiro atoms. The Balaban J connectivity index is 1.48. The molecule has 0 saturated carbocycles. The van der Waals surface area contributed by atoms with Crippen LogP contribution >= 0.6 is 0 Å². The molecule has 0 aliphatic carbocycles. The number of rotatable bonds is 7. The molecule has 1 aliphatic rings. The number of nitrogens with zero attached hydrogens (tertiary/aromatic N) is 1. The fourth-order valence-electron chi connectivity index (χ4n) is 3.02. The molecule has 4 amide bonds. The van der Waals surface area contributed by atoms with E-state index in [1.807, 2.05) is 42.5 Å². The van der Waals surface area contributed by atoms with Crippen LogP contribution in [-0.2, 0) is 19.1 Å². The van der Waals surface area contributed by atoms with Gasteiger partial charge in [-0.25, -0.2) is 4.79 Å². The fraction of sp³-hybridized carbons (Fsp3) is 0.273. The van der Waals surface area contributed by atoms with Gasteiger partial charge in [0, 0.05) is 5.69 Å². The first-order valence-corrected chi connectivity index (χ1v) is 9.57. The minimum absolute atomic E-state index is 0.397. The summed E-state index contributed by atoms with van der Waals surface area (Å²) in [7, 11) is 0. The van der Waals surface area contributed by atoms with Crippen molar-refractivity contribution in [3.8, 4) is 11.1 Å². The predicted molar refractivity (Wildman–Crippen MR) is 110 cm³/mol. The number of urea groups is 1. The van der Waals surface area contributed by atoms with Gasteiger partial charge in [-0.1, -0.05) is 49.4 Å². The zero-order valence-corrected chi connectivity index (χ0v) is 16.8. The summed E-state index contributed by atoms with van der Waals surface area (Å²) in [6, 6.07) is 16.4. The molecule has 2 N–H and O–H groups in total. The lowest BCUT2D eigenvalue weighted by Crippen LogP contribution is -2.43. The van der Waals surface area contributed by atoms with Gasteiger partial charge in [-0.3, -0.25) is 19.3 Å².